The fraction of sp³-hybridized carbons (Fsp3) is 0.357. The lowest BCUT2D eigenvalue weighted by atomic mass is 10.2. The van der Waals surface area contributed by atoms with Gasteiger partial charge in [0.2, 0.25) is 10.0 Å². The SMILES string of the molecule is Cc1cc(C)cc(S(=O)(=O)NCc2sc(C)nc2C)c1. The number of nitrogens with zero attached hydrogens (tertiary/aromatic N) is 1. The summed E-state index contributed by atoms with van der Waals surface area (Å²) in [5.74, 6) is 0. The molecule has 0 spiro atoms. The van der Waals surface area contributed by atoms with Crippen molar-refractivity contribution in [3.05, 3.63) is 44.9 Å². The molecule has 108 valence electrons. The van der Waals surface area contributed by atoms with Crippen molar-refractivity contribution in [2.24, 2.45) is 0 Å². The largest absolute Gasteiger partial charge is 0.247 e. The third-order valence-corrected chi connectivity index (χ3v) is 5.38. The molecule has 0 aliphatic rings. The van der Waals surface area contributed by atoms with Crippen LogP contribution in [0.4, 0.5) is 0 Å². The van der Waals surface area contributed by atoms with Crippen molar-refractivity contribution in [3.63, 3.8) is 0 Å². The highest BCUT2D eigenvalue weighted by atomic mass is 32.2. The maximum atomic E-state index is 12.3. The quantitative estimate of drug-likeness (QED) is 0.944. The third-order valence-electron chi connectivity index (χ3n) is 2.93. The Hall–Kier alpha value is -1.24. The van der Waals surface area contributed by atoms with Crippen LogP contribution in [0.3, 0.4) is 0 Å². The second-order valence-electron chi connectivity index (χ2n) is 4.89. The van der Waals surface area contributed by atoms with E-state index in [9.17, 15) is 8.42 Å². The molecule has 2 aromatic rings. The lowest BCUT2D eigenvalue weighted by Gasteiger charge is -2.08. The van der Waals surface area contributed by atoms with Crippen LogP contribution >= 0.6 is 11.3 Å². The Labute approximate surface area is 123 Å². The van der Waals surface area contributed by atoms with Gasteiger partial charge in [-0.25, -0.2) is 18.1 Å². The van der Waals surface area contributed by atoms with E-state index in [1.807, 2.05) is 33.8 Å². The van der Waals surface area contributed by atoms with Crippen LogP contribution in [0.2, 0.25) is 0 Å². The minimum atomic E-state index is -3.48. The van der Waals surface area contributed by atoms with Gasteiger partial charge in [-0.3, -0.25) is 0 Å². The van der Waals surface area contributed by atoms with Crippen LogP contribution in [0.1, 0.15) is 26.7 Å². The van der Waals surface area contributed by atoms with Gasteiger partial charge in [0, 0.05) is 11.4 Å². The molecule has 1 aromatic heterocycles. The Morgan fingerprint density at radius 2 is 1.70 bits per heavy atom. The number of hydrogen-bond donors (Lipinski definition) is 1. The van der Waals surface area contributed by atoms with Crippen molar-refractivity contribution < 1.29 is 8.42 Å². The molecule has 0 aliphatic carbocycles. The smallest absolute Gasteiger partial charge is 0.240 e. The highest BCUT2D eigenvalue weighted by Crippen LogP contribution is 2.19. The van der Waals surface area contributed by atoms with Gasteiger partial charge in [-0.15, -0.1) is 11.3 Å². The number of sulfonamides is 1. The number of aromatic nitrogens is 1. The lowest BCUT2D eigenvalue weighted by molar-refractivity contribution is 0.581. The van der Waals surface area contributed by atoms with Gasteiger partial charge in [-0.05, 0) is 51.0 Å². The topological polar surface area (TPSA) is 59.1 Å². The number of thiazole rings is 1. The highest BCUT2D eigenvalue weighted by molar-refractivity contribution is 7.89. The first-order valence-electron chi connectivity index (χ1n) is 6.29. The van der Waals surface area contributed by atoms with Crippen molar-refractivity contribution in [2.45, 2.75) is 39.1 Å². The Bertz CT molecular complexity index is 713. The second kappa shape index (κ2) is 5.63. The van der Waals surface area contributed by atoms with Crippen LogP contribution in [-0.2, 0) is 16.6 Å². The van der Waals surface area contributed by atoms with Crippen LogP contribution < -0.4 is 4.72 Å². The molecular weight excluding hydrogens is 292 g/mol. The average Bonchev–Trinajstić information content (AvgIpc) is 2.64. The maximum Gasteiger partial charge on any atom is 0.240 e. The molecule has 0 radical (unpaired) electrons. The second-order valence-corrected chi connectivity index (χ2v) is 7.94. The van der Waals surface area contributed by atoms with Gasteiger partial charge in [-0.1, -0.05) is 6.07 Å². The summed E-state index contributed by atoms with van der Waals surface area (Å²) >= 11 is 1.52. The van der Waals surface area contributed by atoms with Gasteiger partial charge in [0.25, 0.3) is 0 Å². The molecule has 0 bridgehead atoms. The van der Waals surface area contributed by atoms with Crippen molar-refractivity contribution in [1.29, 1.82) is 0 Å². The first-order chi connectivity index (χ1) is 9.28. The molecule has 0 atom stereocenters. The highest BCUT2D eigenvalue weighted by Gasteiger charge is 2.16. The number of benzene rings is 1. The Kier molecular flexibility index (Phi) is 4.27. The van der Waals surface area contributed by atoms with Crippen LogP contribution in [0.25, 0.3) is 0 Å². The van der Waals surface area contributed by atoms with Crippen LogP contribution in [0, 0.1) is 27.7 Å². The van der Waals surface area contributed by atoms with E-state index in [0.717, 1.165) is 26.7 Å². The summed E-state index contributed by atoms with van der Waals surface area (Å²) in [4.78, 5) is 5.56. The summed E-state index contributed by atoms with van der Waals surface area (Å²) < 4.78 is 27.2. The molecule has 20 heavy (non-hydrogen) atoms. The summed E-state index contributed by atoms with van der Waals surface area (Å²) in [5.41, 5.74) is 2.76. The summed E-state index contributed by atoms with van der Waals surface area (Å²) in [5, 5.41) is 0.947. The molecule has 1 aromatic carbocycles. The number of nitrogens with one attached hydrogen (secondary N) is 1. The molecule has 0 aliphatic heterocycles. The Morgan fingerprint density at radius 3 is 2.20 bits per heavy atom. The van der Waals surface area contributed by atoms with E-state index >= 15 is 0 Å². The van der Waals surface area contributed by atoms with E-state index in [1.54, 1.807) is 12.1 Å². The molecule has 0 unspecified atom stereocenters. The number of hydrogen-bond acceptors (Lipinski definition) is 4. The molecule has 1 heterocycles. The van der Waals surface area contributed by atoms with Gasteiger partial charge in [0.1, 0.15) is 0 Å². The minimum Gasteiger partial charge on any atom is -0.247 e. The Morgan fingerprint density at radius 1 is 1.10 bits per heavy atom. The summed E-state index contributed by atoms with van der Waals surface area (Å²) in [6, 6.07) is 5.32. The van der Waals surface area contributed by atoms with Crippen molar-refractivity contribution in [3.8, 4) is 0 Å². The normalized spacial score (nSPS) is 11.8. The molecule has 1 N–H and O–H groups in total. The van der Waals surface area contributed by atoms with E-state index in [-0.39, 0.29) is 6.54 Å². The minimum absolute atomic E-state index is 0.284. The third kappa shape index (κ3) is 3.45. The zero-order chi connectivity index (χ0) is 14.9. The summed E-state index contributed by atoms with van der Waals surface area (Å²) in [7, 11) is -3.48. The predicted octanol–water partition coefficient (Wildman–Crippen LogP) is 2.86. The maximum absolute atomic E-state index is 12.3. The molecule has 2 rings (SSSR count). The van der Waals surface area contributed by atoms with Gasteiger partial charge in [0.15, 0.2) is 0 Å². The van der Waals surface area contributed by atoms with Crippen molar-refractivity contribution in [1.82, 2.24) is 9.71 Å². The van der Waals surface area contributed by atoms with Crippen molar-refractivity contribution in [2.75, 3.05) is 0 Å². The summed E-state index contributed by atoms with van der Waals surface area (Å²) in [6.45, 7) is 7.88. The van der Waals surface area contributed by atoms with Gasteiger partial charge in [-0.2, -0.15) is 0 Å². The standard InChI is InChI=1S/C14H18N2O2S2/c1-9-5-10(2)7-13(6-9)20(17,18)15-8-14-11(3)16-12(4)19-14/h5-7,15H,8H2,1-4H3. The van der Waals surface area contributed by atoms with Crippen LogP contribution in [0.5, 0.6) is 0 Å². The zero-order valence-electron chi connectivity index (χ0n) is 12.0. The van der Waals surface area contributed by atoms with Gasteiger partial charge < -0.3 is 0 Å². The van der Waals surface area contributed by atoms with Crippen LogP contribution in [-0.4, -0.2) is 13.4 Å². The average molecular weight is 310 g/mol. The zero-order valence-corrected chi connectivity index (χ0v) is 13.7. The summed E-state index contributed by atoms with van der Waals surface area (Å²) in [6.07, 6.45) is 0. The first kappa shape index (κ1) is 15.2. The number of rotatable bonds is 4. The number of aryl methyl sites for hydroxylation is 4. The molecular formula is C14H18N2O2S2. The molecule has 0 fully saturated rings. The van der Waals surface area contributed by atoms with E-state index in [1.165, 1.54) is 11.3 Å². The lowest BCUT2D eigenvalue weighted by Crippen LogP contribution is -2.23. The fourth-order valence-electron chi connectivity index (χ4n) is 2.07. The van der Waals surface area contributed by atoms with Crippen LogP contribution in [0.15, 0.2) is 23.1 Å². The monoisotopic (exact) mass is 310 g/mol. The van der Waals surface area contributed by atoms with Crippen molar-refractivity contribution >= 4 is 21.4 Å². The van der Waals surface area contributed by atoms with E-state index in [2.05, 4.69) is 9.71 Å². The molecule has 0 saturated carbocycles. The predicted molar refractivity (Wildman–Crippen MR) is 81.5 cm³/mol. The fourth-order valence-corrected chi connectivity index (χ4v) is 4.22. The van der Waals surface area contributed by atoms with Gasteiger partial charge >= 0.3 is 0 Å². The molecule has 4 nitrogen and oxygen atoms in total. The molecule has 6 heteroatoms. The Balaban J connectivity index is 2.21. The molecule has 0 saturated heterocycles. The van der Waals surface area contributed by atoms with E-state index in [4.69, 9.17) is 0 Å². The van der Waals surface area contributed by atoms with E-state index < -0.39 is 10.0 Å². The van der Waals surface area contributed by atoms with E-state index in [0.29, 0.717) is 4.90 Å². The first-order valence-corrected chi connectivity index (χ1v) is 8.59. The van der Waals surface area contributed by atoms with Gasteiger partial charge in [0.05, 0.1) is 15.6 Å². The molecule has 0 amide bonds.